The monoisotopic (exact) mass is 264 g/mol. The van der Waals surface area contributed by atoms with Crippen molar-refractivity contribution in [2.75, 3.05) is 0 Å². The van der Waals surface area contributed by atoms with E-state index >= 15 is 0 Å². The zero-order valence-corrected chi connectivity index (χ0v) is 9.44. The molecule has 4 nitrogen and oxygen atoms in total. The van der Waals surface area contributed by atoms with Crippen LogP contribution < -0.4 is 0 Å². The van der Waals surface area contributed by atoms with Gasteiger partial charge in [0.05, 0.1) is 5.56 Å². The van der Waals surface area contributed by atoms with E-state index in [4.69, 9.17) is 0 Å². The molecule has 0 aliphatic rings. The molecular weight excluding hydrogens is 257 g/mol. The number of nitrogens with one attached hydrogen (secondary N) is 1. The van der Waals surface area contributed by atoms with Crippen molar-refractivity contribution in [3.63, 3.8) is 0 Å². The van der Waals surface area contributed by atoms with E-state index in [0.717, 1.165) is 12.1 Å². The summed E-state index contributed by atoms with van der Waals surface area (Å²) in [4.78, 5) is 15.1. The second kappa shape index (κ2) is 4.04. The molecule has 0 spiro atoms. The molecule has 3 rings (SSSR count). The van der Waals surface area contributed by atoms with Crippen LogP contribution >= 0.6 is 0 Å². The quantitative estimate of drug-likeness (QED) is 0.735. The van der Waals surface area contributed by atoms with Crippen LogP contribution in [-0.2, 0) is 6.18 Å². The lowest BCUT2D eigenvalue weighted by molar-refractivity contribution is -0.137. The standard InChI is InChI=1S/C12H7F3N4/c13-12(14,15)8-3-1-7(2-4-8)9-18-10-11(19-9)17-6-5-16-10/h1-6H,(H,16,17,18,19). The predicted octanol–water partition coefficient (Wildman–Crippen LogP) is 3.04. The number of halogens is 3. The molecule has 0 aliphatic carbocycles. The van der Waals surface area contributed by atoms with Crippen molar-refractivity contribution in [2.45, 2.75) is 6.18 Å². The summed E-state index contributed by atoms with van der Waals surface area (Å²) in [6, 6.07) is 4.76. The lowest BCUT2D eigenvalue weighted by Gasteiger charge is -2.06. The van der Waals surface area contributed by atoms with Crippen LogP contribution in [0.4, 0.5) is 13.2 Å². The molecule has 0 saturated carbocycles. The van der Waals surface area contributed by atoms with Gasteiger partial charge in [-0.15, -0.1) is 0 Å². The normalized spacial score (nSPS) is 11.9. The molecule has 0 fully saturated rings. The van der Waals surface area contributed by atoms with Gasteiger partial charge in [0.25, 0.3) is 0 Å². The Labute approximate surface area is 105 Å². The minimum atomic E-state index is -4.34. The summed E-state index contributed by atoms with van der Waals surface area (Å²) in [7, 11) is 0. The Bertz CT molecular complexity index is 683. The molecule has 7 heteroatoms. The number of imidazole rings is 1. The van der Waals surface area contributed by atoms with Gasteiger partial charge in [0.15, 0.2) is 11.3 Å². The first-order valence-corrected chi connectivity index (χ1v) is 5.38. The van der Waals surface area contributed by atoms with Gasteiger partial charge in [-0.3, -0.25) is 0 Å². The van der Waals surface area contributed by atoms with Gasteiger partial charge in [0.2, 0.25) is 0 Å². The number of hydrogen-bond donors (Lipinski definition) is 1. The second-order valence-electron chi connectivity index (χ2n) is 3.89. The molecule has 96 valence electrons. The van der Waals surface area contributed by atoms with Gasteiger partial charge in [-0.1, -0.05) is 12.1 Å². The third-order valence-corrected chi connectivity index (χ3v) is 2.62. The van der Waals surface area contributed by atoms with Gasteiger partial charge in [0, 0.05) is 18.0 Å². The number of aromatic amines is 1. The summed E-state index contributed by atoms with van der Waals surface area (Å²) in [6.45, 7) is 0. The van der Waals surface area contributed by atoms with E-state index < -0.39 is 11.7 Å². The maximum absolute atomic E-state index is 12.4. The number of hydrogen-bond acceptors (Lipinski definition) is 3. The van der Waals surface area contributed by atoms with Crippen LogP contribution in [0.2, 0.25) is 0 Å². The molecule has 19 heavy (non-hydrogen) atoms. The van der Waals surface area contributed by atoms with Crippen LogP contribution in [-0.4, -0.2) is 19.9 Å². The Hall–Kier alpha value is -2.44. The Morgan fingerprint density at radius 3 is 2.26 bits per heavy atom. The second-order valence-corrected chi connectivity index (χ2v) is 3.89. The van der Waals surface area contributed by atoms with Crippen LogP contribution in [0.3, 0.4) is 0 Å². The third-order valence-electron chi connectivity index (χ3n) is 2.62. The number of nitrogens with zero attached hydrogens (tertiary/aromatic N) is 3. The number of H-pyrrole nitrogens is 1. The van der Waals surface area contributed by atoms with Crippen molar-refractivity contribution < 1.29 is 13.2 Å². The molecule has 1 aromatic carbocycles. The molecule has 0 saturated heterocycles. The van der Waals surface area contributed by atoms with Crippen molar-refractivity contribution in [3.05, 3.63) is 42.2 Å². The molecule has 1 N–H and O–H groups in total. The Morgan fingerprint density at radius 1 is 0.947 bits per heavy atom. The zero-order chi connectivity index (χ0) is 13.5. The Morgan fingerprint density at radius 2 is 1.63 bits per heavy atom. The average molecular weight is 264 g/mol. The maximum atomic E-state index is 12.4. The van der Waals surface area contributed by atoms with Gasteiger partial charge < -0.3 is 4.98 Å². The summed E-state index contributed by atoms with van der Waals surface area (Å²) in [6.07, 6.45) is -1.33. The number of benzene rings is 1. The molecule has 0 bridgehead atoms. The van der Waals surface area contributed by atoms with Gasteiger partial charge in [-0.25, -0.2) is 15.0 Å². The van der Waals surface area contributed by atoms with Gasteiger partial charge >= 0.3 is 6.18 Å². The molecule has 0 unspecified atom stereocenters. The van der Waals surface area contributed by atoms with Crippen LogP contribution in [0.25, 0.3) is 22.7 Å². The summed E-state index contributed by atoms with van der Waals surface area (Å²) in [5, 5.41) is 0. The van der Waals surface area contributed by atoms with E-state index in [-0.39, 0.29) is 0 Å². The van der Waals surface area contributed by atoms with E-state index in [1.54, 1.807) is 0 Å². The molecule has 2 aromatic heterocycles. The van der Waals surface area contributed by atoms with Crippen LogP contribution in [0.1, 0.15) is 5.56 Å². The van der Waals surface area contributed by atoms with Crippen LogP contribution in [0, 0.1) is 0 Å². The first-order chi connectivity index (χ1) is 9.04. The SMILES string of the molecule is FC(F)(F)c1ccc(-c2nc3nccnc3[nH]2)cc1. The molecule has 0 radical (unpaired) electrons. The third kappa shape index (κ3) is 2.14. The Balaban J connectivity index is 2.02. The molecule has 0 amide bonds. The largest absolute Gasteiger partial charge is 0.416 e. The maximum Gasteiger partial charge on any atom is 0.416 e. The lowest BCUT2D eigenvalue weighted by atomic mass is 10.1. The Kier molecular flexibility index (Phi) is 2.48. The first-order valence-electron chi connectivity index (χ1n) is 5.38. The van der Waals surface area contributed by atoms with E-state index in [1.165, 1.54) is 24.5 Å². The van der Waals surface area contributed by atoms with Crippen LogP contribution in [0.15, 0.2) is 36.7 Å². The highest BCUT2D eigenvalue weighted by atomic mass is 19.4. The highest BCUT2D eigenvalue weighted by Crippen LogP contribution is 2.30. The van der Waals surface area contributed by atoms with Crippen molar-refractivity contribution in [1.82, 2.24) is 19.9 Å². The first kappa shape index (κ1) is 11.6. The predicted molar refractivity (Wildman–Crippen MR) is 62.1 cm³/mol. The molecule has 3 aromatic rings. The minimum Gasteiger partial charge on any atom is -0.321 e. The van der Waals surface area contributed by atoms with Gasteiger partial charge in [-0.2, -0.15) is 13.2 Å². The minimum absolute atomic E-state index is 0.428. The fraction of sp³-hybridized carbons (Fsp3) is 0.0833. The number of aromatic nitrogens is 4. The average Bonchev–Trinajstić information content (AvgIpc) is 2.81. The fourth-order valence-electron chi connectivity index (χ4n) is 1.70. The van der Waals surface area contributed by atoms with E-state index in [0.29, 0.717) is 22.7 Å². The van der Waals surface area contributed by atoms with E-state index in [1.807, 2.05) is 0 Å². The summed E-state index contributed by atoms with van der Waals surface area (Å²) in [5.74, 6) is 0.440. The smallest absolute Gasteiger partial charge is 0.321 e. The highest BCUT2D eigenvalue weighted by molar-refractivity contribution is 5.71. The molecule has 0 atom stereocenters. The number of rotatable bonds is 1. The van der Waals surface area contributed by atoms with Crippen LogP contribution in [0.5, 0.6) is 0 Å². The summed E-state index contributed by atoms with van der Waals surface area (Å²) in [5.41, 5.74) is 0.784. The van der Waals surface area contributed by atoms with Crippen molar-refractivity contribution >= 4 is 11.3 Å². The molecular formula is C12H7F3N4. The number of fused-ring (bicyclic) bond motifs is 1. The highest BCUT2D eigenvalue weighted by Gasteiger charge is 2.30. The number of alkyl halides is 3. The van der Waals surface area contributed by atoms with Crippen molar-refractivity contribution in [2.24, 2.45) is 0 Å². The fourth-order valence-corrected chi connectivity index (χ4v) is 1.70. The molecule has 2 heterocycles. The van der Waals surface area contributed by atoms with E-state index in [9.17, 15) is 13.2 Å². The van der Waals surface area contributed by atoms with Crippen molar-refractivity contribution in [1.29, 1.82) is 0 Å². The topological polar surface area (TPSA) is 54.5 Å². The molecule has 0 aliphatic heterocycles. The van der Waals surface area contributed by atoms with E-state index in [2.05, 4.69) is 19.9 Å². The van der Waals surface area contributed by atoms with Crippen molar-refractivity contribution in [3.8, 4) is 11.4 Å². The zero-order valence-electron chi connectivity index (χ0n) is 9.44. The van der Waals surface area contributed by atoms with Gasteiger partial charge in [0.1, 0.15) is 5.82 Å². The summed E-state index contributed by atoms with van der Waals surface area (Å²) >= 11 is 0. The lowest BCUT2D eigenvalue weighted by Crippen LogP contribution is -2.04. The summed E-state index contributed by atoms with van der Waals surface area (Å²) < 4.78 is 37.3. The van der Waals surface area contributed by atoms with Gasteiger partial charge in [-0.05, 0) is 12.1 Å².